The number of carbonyl (C=O) groups is 1. The highest BCUT2D eigenvalue weighted by molar-refractivity contribution is 6.42. The molecule has 6 heteroatoms. The van der Waals surface area contributed by atoms with Crippen molar-refractivity contribution in [3.05, 3.63) is 33.8 Å². The molecule has 0 unspecified atom stereocenters. The smallest absolute Gasteiger partial charge is 0.220 e. The molecule has 0 aliphatic carbocycles. The minimum absolute atomic E-state index is 0. The van der Waals surface area contributed by atoms with Gasteiger partial charge in [-0.15, -0.1) is 12.4 Å². The van der Waals surface area contributed by atoms with E-state index in [0.29, 0.717) is 23.0 Å². The zero-order valence-electron chi connectivity index (χ0n) is 12.3. The van der Waals surface area contributed by atoms with E-state index in [2.05, 4.69) is 17.6 Å². The predicted octanol–water partition coefficient (Wildman–Crippen LogP) is 3.85. The van der Waals surface area contributed by atoms with Gasteiger partial charge in [-0.3, -0.25) is 4.79 Å². The van der Waals surface area contributed by atoms with Crippen LogP contribution in [0.4, 0.5) is 0 Å². The Bertz CT molecular complexity index is 427. The van der Waals surface area contributed by atoms with Crippen LogP contribution >= 0.6 is 35.6 Å². The van der Waals surface area contributed by atoms with Crippen molar-refractivity contribution in [3.63, 3.8) is 0 Å². The summed E-state index contributed by atoms with van der Waals surface area (Å²) in [4.78, 5) is 11.6. The molecule has 0 bridgehead atoms. The Morgan fingerprint density at radius 3 is 2.57 bits per heavy atom. The highest BCUT2D eigenvalue weighted by Crippen LogP contribution is 2.23. The van der Waals surface area contributed by atoms with Gasteiger partial charge in [-0.2, -0.15) is 0 Å². The Hall–Kier alpha value is -0.480. The van der Waals surface area contributed by atoms with E-state index in [0.717, 1.165) is 37.9 Å². The molecule has 0 saturated heterocycles. The molecule has 120 valence electrons. The molecule has 1 amide bonds. The number of halogens is 3. The van der Waals surface area contributed by atoms with E-state index in [9.17, 15) is 4.79 Å². The van der Waals surface area contributed by atoms with Gasteiger partial charge in [-0.25, -0.2) is 0 Å². The van der Waals surface area contributed by atoms with E-state index in [1.165, 1.54) is 0 Å². The second-order valence-electron chi connectivity index (χ2n) is 4.70. The lowest BCUT2D eigenvalue weighted by molar-refractivity contribution is -0.121. The number of carbonyl (C=O) groups excluding carboxylic acids is 1. The van der Waals surface area contributed by atoms with Gasteiger partial charge in [0.15, 0.2) is 0 Å². The molecule has 0 fully saturated rings. The van der Waals surface area contributed by atoms with Gasteiger partial charge in [0.25, 0.3) is 0 Å². The molecule has 0 radical (unpaired) electrons. The number of amides is 1. The summed E-state index contributed by atoms with van der Waals surface area (Å²) in [7, 11) is 0. The Labute approximate surface area is 143 Å². The van der Waals surface area contributed by atoms with Crippen LogP contribution < -0.4 is 10.6 Å². The summed E-state index contributed by atoms with van der Waals surface area (Å²) in [5, 5.41) is 7.27. The van der Waals surface area contributed by atoms with Gasteiger partial charge >= 0.3 is 0 Å². The van der Waals surface area contributed by atoms with Gasteiger partial charge < -0.3 is 10.6 Å². The maximum Gasteiger partial charge on any atom is 0.220 e. The topological polar surface area (TPSA) is 41.1 Å². The second kappa shape index (κ2) is 12.1. The first-order chi connectivity index (χ1) is 9.63. The lowest BCUT2D eigenvalue weighted by atomic mass is 10.1. The first-order valence-electron chi connectivity index (χ1n) is 7.04. The fourth-order valence-electron chi connectivity index (χ4n) is 1.83. The summed E-state index contributed by atoms with van der Waals surface area (Å²) in [5.74, 6) is 0.100. The molecule has 0 aromatic heterocycles. The first-order valence-corrected chi connectivity index (χ1v) is 7.80. The normalized spacial score (nSPS) is 10.0. The van der Waals surface area contributed by atoms with E-state index in [-0.39, 0.29) is 18.3 Å². The Kier molecular flexibility index (Phi) is 11.8. The fraction of sp³-hybridized carbons (Fsp3) is 0.533. The molecule has 1 aromatic rings. The standard InChI is InChI=1S/C15H22Cl2N2O.ClH/c1-2-8-18-9-10-19-15(20)5-3-4-12-6-7-13(16)14(17)11-12;/h6-7,11,18H,2-5,8-10H2,1H3,(H,19,20);1H. The molecule has 0 saturated carbocycles. The van der Waals surface area contributed by atoms with Crippen LogP contribution in [-0.4, -0.2) is 25.5 Å². The predicted molar refractivity (Wildman–Crippen MR) is 92.8 cm³/mol. The average Bonchev–Trinajstić information content (AvgIpc) is 2.42. The van der Waals surface area contributed by atoms with Gasteiger partial charge in [0, 0.05) is 19.5 Å². The molecule has 1 aromatic carbocycles. The summed E-state index contributed by atoms with van der Waals surface area (Å²) in [6.07, 6.45) is 3.29. The number of benzene rings is 1. The van der Waals surface area contributed by atoms with Gasteiger partial charge in [-0.05, 0) is 43.5 Å². The molecule has 0 aliphatic rings. The zero-order valence-corrected chi connectivity index (χ0v) is 14.6. The van der Waals surface area contributed by atoms with Crippen molar-refractivity contribution in [1.29, 1.82) is 0 Å². The maximum absolute atomic E-state index is 11.6. The van der Waals surface area contributed by atoms with Crippen LogP contribution in [0.2, 0.25) is 10.0 Å². The highest BCUT2D eigenvalue weighted by atomic mass is 35.5. The lowest BCUT2D eigenvalue weighted by Crippen LogP contribution is -2.31. The molecular formula is C15H23Cl3N2O. The van der Waals surface area contributed by atoms with Crippen LogP contribution in [-0.2, 0) is 11.2 Å². The van der Waals surface area contributed by atoms with Crippen molar-refractivity contribution >= 4 is 41.5 Å². The van der Waals surface area contributed by atoms with Crippen LogP contribution in [0.25, 0.3) is 0 Å². The summed E-state index contributed by atoms with van der Waals surface area (Å²) >= 11 is 11.8. The summed E-state index contributed by atoms with van der Waals surface area (Å²) in [6, 6.07) is 5.59. The molecule has 21 heavy (non-hydrogen) atoms. The third-order valence-corrected chi connectivity index (χ3v) is 3.64. The van der Waals surface area contributed by atoms with Gasteiger partial charge in [0.2, 0.25) is 5.91 Å². The van der Waals surface area contributed by atoms with Crippen molar-refractivity contribution in [2.75, 3.05) is 19.6 Å². The van der Waals surface area contributed by atoms with Crippen LogP contribution in [0.3, 0.4) is 0 Å². The molecule has 0 aliphatic heterocycles. The molecule has 0 atom stereocenters. The van der Waals surface area contributed by atoms with E-state index < -0.39 is 0 Å². The van der Waals surface area contributed by atoms with Crippen molar-refractivity contribution in [1.82, 2.24) is 10.6 Å². The van der Waals surface area contributed by atoms with E-state index >= 15 is 0 Å². The third-order valence-electron chi connectivity index (χ3n) is 2.90. The van der Waals surface area contributed by atoms with Crippen LogP contribution in [0, 0.1) is 0 Å². The van der Waals surface area contributed by atoms with Crippen LogP contribution in [0.1, 0.15) is 31.7 Å². The zero-order chi connectivity index (χ0) is 14.8. The largest absolute Gasteiger partial charge is 0.355 e. The van der Waals surface area contributed by atoms with Gasteiger partial charge in [-0.1, -0.05) is 36.2 Å². The quantitative estimate of drug-likeness (QED) is 0.662. The number of nitrogens with one attached hydrogen (secondary N) is 2. The number of rotatable bonds is 9. The Morgan fingerprint density at radius 2 is 1.90 bits per heavy atom. The van der Waals surface area contributed by atoms with Crippen LogP contribution in [0.15, 0.2) is 18.2 Å². The Balaban J connectivity index is 0.00000400. The summed E-state index contributed by atoms with van der Waals surface area (Å²) in [5.41, 5.74) is 1.11. The molecule has 2 N–H and O–H groups in total. The lowest BCUT2D eigenvalue weighted by Gasteiger charge is -2.06. The SMILES string of the molecule is CCCNCCNC(=O)CCCc1ccc(Cl)c(Cl)c1.Cl. The molecule has 3 nitrogen and oxygen atoms in total. The molecular weight excluding hydrogens is 331 g/mol. The highest BCUT2D eigenvalue weighted by Gasteiger charge is 2.03. The fourth-order valence-corrected chi connectivity index (χ4v) is 2.15. The van der Waals surface area contributed by atoms with Crippen LogP contribution in [0.5, 0.6) is 0 Å². The van der Waals surface area contributed by atoms with Gasteiger partial charge in [0.05, 0.1) is 10.0 Å². The number of hydrogen-bond donors (Lipinski definition) is 2. The molecule has 1 rings (SSSR count). The van der Waals surface area contributed by atoms with Crippen molar-refractivity contribution in [3.8, 4) is 0 Å². The summed E-state index contributed by atoms with van der Waals surface area (Å²) < 4.78 is 0. The average molecular weight is 354 g/mol. The molecule has 0 heterocycles. The molecule has 0 spiro atoms. The summed E-state index contributed by atoms with van der Waals surface area (Å²) in [6.45, 7) is 4.62. The third kappa shape index (κ3) is 9.20. The Morgan fingerprint density at radius 1 is 1.14 bits per heavy atom. The van der Waals surface area contributed by atoms with Gasteiger partial charge in [0.1, 0.15) is 0 Å². The number of hydrogen-bond acceptors (Lipinski definition) is 2. The first kappa shape index (κ1) is 20.5. The second-order valence-corrected chi connectivity index (χ2v) is 5.52. The minimum atomic E-state index is 0. The van der Waals surface area contributed by atoms with Crippen molar-refractivity contribution in [2.45, 2.75) is 32.6 Å². The van der Waals surface area contributed by atoms with E-state index in [4.69, 9.17) is 23.2 Å². The van der Waals surface area contributed by atoms with E-state index in [1.54, 1.807) is 6.07 Å². The minimum Gasteiger partial charge on any atom is -0.355 e. The monoisotopic (exact) mass is 352 g/mol. The maximum atomic E-state index is 11.6. The van der Waals surface area contributed by atoms with Crippen molar-refractivity contribution < 1.29 is 4.79 Å². The number of aryl methyl sites for hydroxylation is 1. The van der Waals surface area contributed by atoms with Crippen molar-refractivity contribution in [2.24, 2.45) is 0 Å². The van der Waals surface area contributed by atoms with E-state index in [1.807, 2.05) is 12.1 Å².